The number of carboxylic acids is 1. The van der Waals surface area contributed by atoms with E-state index >= 15 is 0 Å². The van der Waals surface area contributed by atoms with Crippen LogP contribution < -0.4 is 5.32 Å². The summed E-state index contributed by atoms with van der Waals surface area (Å²) in [7, 11) is 1.72. The fraction of sp³-hybridized carbons (Fsp3) is 0.200. The molecule has 0 spiro atoms. The minimum atomic E-state index is -0.895. The van der Waals surface area contributed by atoms with Crippen molar-refractivity contribution in [3.63, 3.8) is 0 Å². The number of carbonyl (C=O) groups is 2. The van der Waals surface area contributed by atoms with Gasteiger partial charge in [-0.2, -0.15) is 0 Å². The van der Waals surface area contributed by atoms with E-state index in [9.17, 15) is 9.59 Å². The lowest BCUT2D eigenvalue weighted by Crippen LogP contribution is -2.30. The Hall–Kier alpha value is -2.34. The summed E-state index contributed by atoms with van der Waals surface area (Å²) in [6.45, 7) is 0.540. The van der Waals surface area contributed by atoms with Crippen molar-refractivity contribution < 1.29 is 14.7 Å². The molecule has 2 N–H and O–H groups in total. The van der Waals surface area contributed by atoms with Crippen molar-refractivity contribution in [2.45, 2.75) is 13.0 Å². The first-order chi connectivity index (χ1) is 10.0. The highest BCUT2D eigenvalue weighted by Crippen LogP contribution is 2.14. The van der Waals surface area contributed by atoms with Crippen molar-refractivity contribution in [1.29, 1.82) is 0 Å². The molecule has 2 amide bonds. The van der Waals surface area contributed by atoms with Gasteiger partial charge >= 0.3 is 12.0 Å². The second-order valence-corrected chi connectivity index (χ2v) is 5.67. The lowest BCUT2D eigenvalue weighted by molar-refractivity contribution is -0.136. The number of urea groups is 1. The van der Waals surface area contributed by atoms with Gasteiger partial charge in [0.15, 0.2) is 0 Å². The third-order valence-corrected chi connectivity index (χ3v) is 3.71. The predicted molar refractivity (Wildman–Crippen MR) is 82.6 cm³/mol. The number of rotatable bonds is 5. The first kappa shape index (κ1) is 15.1. The van der Waals surface area contributed by atoms with Crippen molar-refractivity contribution in [2.24, 2.45) is 0 Å². The molecule has 1 aromatic carbocycles. The van der Waals surface area contributed by atoms with Crippen LogP contribution in [0.25, 0.3) is 0 Å². The van der Waals surface area contributed by atoms with E-state index in [0.29, 0.717) is 17.8 Å². The summed E-state index contributed by atoms with van der Waals surface area (Å²) in [5.74, 6) is -0.895. The molecule has 21 heavy (non-hydrogen) atoms. The van der Waals surface area contributed by atoms with Crippen molar-refractivity contribution >= 4 is 29.0 Å². The van der Waals surface area contributed by atoms with Gasteiger partial charge in [-0.25, -0.2) is 4.79 Å². The zero-order chi connectivity index (χ0) is 15.2. The van der Waals surface area contributed by atoms with Gasteiger partial charge in [-0.15, -0.1) is 11.3 Å². The second-order valence-electron chi connectivity index (χ2n) is 4.64. The van der Waals surface area contributed by atoms with Crippen molar-refractivity contribution in [3.05, 3.63) is 52.2 Å². The predicted octanol–water partition coefficient (Wildman–Crippen LogP) is 3.04. The molecule has 0 aliphatic rings. The Morgan fingerprint density at radius 1 is 1.29 bits per heavy atom. The molecular formula is C15H16N2O3S. The van der Waals surface area contributed by atoms with E-state index in [1.807, 2.05) is 17.5 Å². The Balaban J connectivity index is 1.97. The number of carboxylic acid groups (broad SMARTS) is 1. The Morgan fingerprint density at radius 2 is 2.10 bits per heavy atom. The Bertz CT molecular complexity index is 626. The number of aliphatic carboxylic acids is 1. The maximum absolute atomic E-state index is 12.1. The van der Waals surface area contributed by atoms with Crippen LogP contribution in [0.3, 0.4) is 0 Å². The standard InChI is InChI=1S/C15H16N2O3S/c1-17(10-13-6-3-7-21-13)15(20)16-12-5-2-4-11(8-12)9-14(18)19/h2-8H,9-10H2,1H3,(H,16,20)(H,18,19). The van der Waals surface area contributed by atoms with E-state index in [-0.39, 0.29) is 12.5 Å². The molecule has 0 fully saturated rings. The normalized spacial score (nSPS) is 10.1. The molecule has 0 radical (unpaired) electrons. The largest absolute Gasteiger partial charge is 0.481 e. The van der Waals surface area contributed by atoms with Crippen LogP contribution in [0.5, 0.6) is 0 Å². The van der Waals surface area contributed by atoms with E-state index < -0.39 is 5.97 Å². The fourth-order valence-electron chi connectivity index (χ4n) is 1.86. The lowest BCUT2D eigenvalue weighted by atomic mass is 10.1. The molecule has 0 aliphatic heterocycles. The smallest absolute Gasteiger partial charge is 0.321 e. The number of hydrogen-bond donors (Lipinski definition) is 2. The molecule has 1 heterocycles. The highest BCUT2D eigenvalue weighted by atomic mass is 32.1. The average molecular weight is 304 g/mol. The minimum absolute atomic E-state index is 0.0608. The van der Waals surface area contributed by atoms with Crippen LogP contribution in [0.2, 0.25) is 0 Å². The van der Waals surface area contributed by atoms with Gasteiger partial charge in [-0.05, 0) is 29.1 Å². The molecule has 0 saturated carbocycles. The summed E-state index contributed by atoms with van der Waals surface area (Å²) in [5.41, 5.74) is 1.25. The molecule has 110 valence electrons. The number of nitrogens with zero attached hydrogens (tertiary/aromatic N) is 1. The second kappa shape index (κ2) is 6.90. The average Bonchev–Trinajstić information content (AvgIpc) is 2.91. The summed E-state index contributed by atoms with van der Waals surface area (Å²) < 4.78 is 0. The number of thiophene rings is 1. The van der Waals surface area contributed by atoms with Gasteiger partial charge in [0.25, 0.3) is 0 Å². The van der Waals surface area contributed by atoms with E-state index in [2.05, 4.69) is 5.32 Å². The zero-order valence-electron chi connectivity index (χ0n) is 11.6. The van der Waals surface area contributed by atoms with Crippen LogP contribution in [0, 0.1) is 0 Å². The number of carbonyl (C=O) groups excluding carboxylic acids is 1. The Morgan fingerprint density at radius 3 is 2.76 bits per heavy atom. The number of anilines is 1. The summed E-state index contributed by atoms with van der Waals surface area (Å²) in [4.78, 5) is 25.5. The van der Waals surface area contributed by atoms with Crippen LogP contribution in [-0.4, -0.2) is 29.1 Å². The van der Waals surface area contributed by atoms with E-state index in [1.165, 1.54) is 0 Å². The van der Waals surface area contributed by atoms with Crippen molar-refractivity contribution in [1.82, 2.24) is 4.90 Å². The molecule has 6 heteroatoms. The summed E-state index contributed by atoms with van der Waals surface area (Å²) in [6, 6.07) is 10.6. The third kappa shape index (κ3) is 4.61. The van der Waals surface area contributed by atoms with Crippen LogP contribution in [-0.2, 0) is 17.8 Å². The number of amides is 2. The number of nitrogens with one attached hydrogen (secondary N) is 1. The molecule has 2 aromatic rings. The molecule has 0 saturated heterocycles. The summed E-state index contributed by atoms with van der Waals surface area (Å²) >= 11 is 1.60. The molecule has 0 unspecified atom stereocenters. The summed E-state index contributed by atoms with van der Waals surface area (Å²) in [6.07, 6.45) is -0.0608. The quantitative estimate of drug-likeness (QED) is 0.892. The monoisotopic (exact) mass is 304 g/mol. The van der Waals surface area contributed by atoms with E-state index in [4.69, 9.17) is 5.11 Å². The van der Waals surface area contributed by atoms with Crippen LogP contribution in [0.15, 0.2) is 41.8 Å². The minimum Gasteiger partial charge on any atom is -0.481 e. The van der Waals surface area contributed by atoms with Gasteiger partial charge in [0.1, 0.15) is 0 Å². The van der Waals surface area contributed by atoms with E-state index in [1.54, 1.807) is 47.5 Å². The first-order valence-corrected chi connectivity index (χ1v) is 7.28. The van der Waals surface area contributed by atoms with Crippen molar-refractivity contribution in [2.75, 3.05) is 12.4 Å². The van der Waals surface area contributed by atoms with E-state index in [0.717, 1.165) is 4.88 Å². The third-order valence-electron chi connectivity index (χ3n) is 2.85. The van der Waals surface area contributed by atoms with Gasteiger partial charge in [-0.1, -0.05) is 18.2 Å². The Kier molecular flexibility index (Phi) is 4.94. The molecule has 5 nitrogen and oxygen atoms in total. The molecule has 2 rings (SSSR count). The van der Waals surface area contributed by atoms with Gasteiger partial charge in [0, 0.05) is 17.6 Å². The molecule has 0 bridgehead atoms. The molecule has 0 atom stereocenters. The van der Waals surface area contributed by atoms with Gasteiger partial charge in [0.2, 0.25) is 0 Å². The lowest BCUT2D eigenvalue weighted by Gasteiger charge is -2.17. The van der Waals surface area contributed by atoms with Crippen LogP contribution in [0.1, 0.15) is 10.4 Å². The maximum atomic E-state index is 12.1. The molecular weight excluding hydrogens is 288 g/mol. The highest BCUT2D eigenvalue weighted by molar-refractivity contribution is 7.09. The van der Waals surface area contributed by atoms with Gasteiger partial charge in [0.05, 0.1) is 13.0 Å². The van der Waals surface area contributed by atoms with Crippen LogP contribution >= 0.6 is 11.3 Å². The van der Waals surface area contributed by atoms with Crippen LogP contribution in [0.4, 0.5) is 10.5 Å². The maximum Gasteiger partial charge on any atom is 0.321 e. The van der Waals surface area contributed by atoms with Crippen molar-refractivity contribution in [3.8, 4) is 0 Å². The fourth-order valence-corrected chi connectivity index (χ4v) is 2.62. The Labute approximate surface area is 126 Å². The first-order valence-electron chi connectivity index (χ1n) is 6.40. The SMILES string of the molecule is CN(Cc1cccs1)C(=O)Nc1cccc(CC(=O)O)c1. The number of benzene rings is 1. The summed E-state index contributed by atoms with van der Waals surface area (Å²) in [5, 5.41) is 13.5. The van der Waals surface area contributed by atoms with Gasteiger partial charge in [-0.3, -0.25) is 4.79 Å². The number of hydrogen-bond acceptors (Lipinski definition) is 3. The highest BCUT2D eigenvalue weighted by Gasteiger charge is 2.10. The molecule has 1 aromatic heterocycles. The molecule has 0 aliphatic carbocycles. The topological polar surface area (TPSA) is 69.6 Å². The van der Waals surface area contributed by atoms with Gasteiger partial charge < -0.3 is 15.3 Å². The zero-order valence-corrected chi connectivity index (χ0v) is 12.4.